The molecule has 0 aliphatic rings. The van der Waals surface area contributed by atoms with Gasteiger partial charge >= 0.3 is 0 Å². The lowest BCUT2D eigenvalue weighted by molar-refractivity contribution is 0.415. The Bertz CT molecular complexity index is 742. The van der Waals surface area contributed by atoms with Crippen molar-refractivity contribution in [2.24, 2.45) is 5.73 Å². The molecule has 0 bridgehead atoms. The van der Waals surface area contributed by atoms with Crippen molar-refractivity contribution in [2.45, 2.75) is 16.9 Å². The summed E-state index contributed by atoms with van der Waals surface area (Å²) in [5, 5.41) is 1.36. The van der Waals surface area contributed by atoms with E-state index in [1.165, 1.54) is 11.8 Å². The number of rotatable bonds is 4. The quantitative estimate of drug-likeness (QED) is 0.713. The number of nitrogens with zero attached hydrogens (tertiary/aromatic N) is 3. The number of methoxy groups -OCH3 is 1. The summed E-state index contributed by atoms with van der Waals surface area (Å²) in [6.45, 7) is 0.396. The Morgan fingerprint density at radius 3 is 3.00 bits per heavy atom. The summed E-state index contributed by atoms with van der Waals surface area (Å²) >= 11 is 1.37. The van der Waals surface area contributed by atoms with E-state index in [0.29, 0.717) is 11.7 Å². The molecule has 0 fully saturated rings. The van der Waals surface area contributed by atoms with E-state index in [4.69, 9.17) is 10.5 Å². The highest BCUT2D eigenvalue weighted by Gasteiger charge is 2.08. The summed E-state index contributed by atoms with van der Waals surface area (Å²) in [7, 11) is 1.64. The van der Waals surface area contributed by atoms with Gasteiger partial charge in [-0.25, -0.2) is 15.0 Å². The van der Waals surface area contributed by atoms with Crippen LogP contribution in [0.5, 0.6) is 5.75 Å². The van der Waals surface area contributed by atoms with Crippen LogP contribution < -0.4 is 10.5 Å². The zero-order valence-corrected chi connectivity index (χ0v) is 11.6. The molecule has 2 aromatic heterocycles. The van der Waals surface area contributed by atoms with Crippen molar-refractivity contribution in [1.82, 2.24) is 19.9 Å². The number of nitrogens with one attached hydrogen (secondary N) is 1. The molecule has 0 atom stereocenters. The van der Waals surface area contributed by atoms with Crippen molar-refractivity contribution in [1.29, 1.82) is 0 Å². The Kier molecular flexibility index (Phi) is 3.53. The standard InChI is InChI=1S/C13H13N5OS/c1-19-9-2-3-10-11(6-9)18-13(17-10)20-12-15-5-4-8(7-14)16-12/h2-6H,7,14H2,1H3,(H,17,18). The molecule has 0 saturated carbocycles. The lowest BCUT2D eigenvalue weighted by Crippen LogP contribution is -2.00. The lowest BCUT2D eigenvalue weighted by Gasteiger charge is -1.98. The van der Waals surface area contributed by atoms with Gasteiger partial charge in [0.15, 0.2) is 10.3 Å². The first-order valence-corrected chi connectivity index (χ1v) is 6.84. The predicted molar refractivity (Wildman–Crippen MR) is 76.7 cm³/mol. The van der Waals surface area contributed by atoms with E-state index < -0.39 is 0 Å². The summed E-state index contributed by atoms with van der Waals surface area (Å²) in [5.41, 5.74) is 8.17. The molecular formula is C13H13N5OS. The first-order chi connectivity index (χ1) is 9.78. The van der Waals surface area contributed by atoms with Gasteiger partial charge in [0.25, 0.3) is 0 Å². The number of aromatic nitrogens is 4. The zero-order chi connectivity index (χ0) is 13.9. The van der Waals surface area contributed by atoms with Crippen LogP contribution in [0.2, 0.25) is 0 Å². The number of aromatic amines is 1. The lowest BCUT2D eigenvalue weighted by atomic mass is 10.3. The molecule has 3 N–H and O–H groups in total. The van der Waals surface area contributed by atoms with Crippen LogP contribution in [-0.4, -0.2) is 27.0 Å². The predicted octanol–water partition coefficient (Wildman–Crippen LogP) is 1.97. The van der Waals surface area contributed by atoms with E-state index >= 15 is 0 Å². The van der Waals surface area contributed by atoms with Gasteiger partial charge < -0.3 is 15.5 Å². The van der Waals surface area contributed by atoms with Crippen LogP contribution in [0.15, 0.2) is 40.8 Å². The minimum Gasteiger partial charge on any atom is -0.497 e. The molecule has 6 nitrogen and oxygen atoms in total. The molecule has 3 aromatic rings. The normalized spacial score (nSPS) is 10.9. The minimum atomic E-state index is 0.396. The molecule has 0 radical (unpaired) electrons. The second-order valence-electron chi connectivity index (χ2n) is 4.06. The van der Waals surface area contributed by atoms with Crippen LogP contribution in [0.25, 0.3) is 11.0 Å². The van der Waals surface area contributed by atoms with E-state index in [0.717, 1.165) is 27.6 Å². The molecule has 0 saturated heterocycles. The van der Waals surface area contributed by atoms with Gasteiger partial charge in [-0.1, -0.05) is 0 Å². The molecule has 1 aromatic carbocycles. The highest BCUT2D eigenvalue weighted by molar-refractivity contribution is 7.99. The Morgan fingerprint density at radius 2 is 2.20 bits per heavy atom. The molecule has 0 unspecified atom stereocenters. The van der Waals surface area contributed by atoms with Gasteiger partial charge in [0.05, 0.1) is 23.8 Å². The van der Waals surface area contributed by atoms with Gasteiger partial charge in [0, 0.05) is 18.8 Å². The summed E-state index contributed by atoms with van der Waals surface area (Å²) in [5.74, 6) is 0.791. The third kappa shape index (κ3) is 2.59. The molecule has 20 heavy (non-hydrogen) atoms. The highest BCUT2D eigenvalue weighted by atomic mass is 32.2. The van der Waals surface area contributed by atoms with E-state index in [1.54, 1.807) is 19.4 Å². The van der Waals surface area contributed by atoms with E-state index in [1.807, 2.05) is 18.2 Å². The van der Waals surface area contributed by atoms with Crippen molar-refractivity contribution in [3.63, 3.8) is 0 Å². The Hall–Kier alpha value is -2.12. The number of nitrogens with two attached hydrogens (primary N) is 1. The zero-order valence-electron chi connectivity index (χ0n) is 10.8. The van der Waals surface area contributed by atoms with E-state index in [2.05, 4.69) is 19.9 Å². The number of benzene rings is 1. The number of hydrogen-bond donors (Lipinski definition) is 2. The van der Waals surface area contributed by atoms with Crippen LogP contribution in [-0.2, 0) is 6.54 Å². The second kappa shape index (κ2) is 5.48. The van der Waals surface area contributed by atoms with Crippen molar-refractivity contribution < 1.29 is 4.74 Å². The number of H-pyrrole nitrogens is 1. The summed E-state index contributed by atoms with van der Waals surface area (Å²) in [6, 6.07) is 7.49. The van der Waals surface area contributed by atoms with Crippen molar-refractivity contribution in [3.8, 4) is 5.75 Å². The third-order valence-electron chi connectivity index (χ3n) is 2.76. The monoisotopic (exact) mass is 287 g/mol. The van der Waals surface area contributed by atoms with Crippen molar-refractivity contribution >= 4 is 22.8 Å². The SMILES string of the molecule is COc1ccc2nc(Sc3nccc(CN)n3)[nH]c2c1. The maximum Gasteiger partial charge on any atom is 0.195 e. The number of hydrogen-bond acceptors (Lipinski definition) is 6. The molecule has 102 valence electrons. The van der Waals surface area contributed by atoms with Crippen LogP contribution in [0.3, 0.4) is 0 Å². The van der Waals surface area contributed by atoms with Gasteiger partial charge in [-0.15, -0.1) is 0 Å². The fraction of sp³-hybridized carbons (Fsp3) is 0.154. The molecular weight excluding hydrogens is 274 g/mol. The number of fused-ring (bicyclic) bond motifs is 1. The van der Waals surface area contributed by atoms with Crippen LogP contribution in [0, 0.1) is 0 Å². The number of ether oxygens (including phenoxy) is 1. The van der Waals surface area contributed by atoms with Gasteiger partial charge in [-0.2, -0.15) is 0 Å². The van der Waals surface area contributed by atoms with E-state index in [9.17, 15) is 0 Å². The Morgan fingerprint density at radius 1 is 1.30 bits per heavy atom. The van der Waals surface area contributed by atoms with Crippen LogP contribution in [0.4, 0.5) is 0 Å². The fourth-order valence-electron chi connectivity index (χ4n) is 1.77. The fourth-order valence-corrected chi connectivity index (χ4v) is 2.52. The average Bonchev–Trinajstić information content (AvgIpc) is 2.88. The van der Waals surface area contributed by atoms with Gasteiger partial charge in [-0.05, 0) is 30.0 Å². The first kappa shape index (κ1) is 12.9. The maximum absolute atomic E-state index is 5.57. The van der Waals surface area contributed by atoms with Gasteiger partial charge in [0.1, 0.15) is 5.75 Å². The van der Waals surface area contributed by atoms with Gasteiger partial charge in [-0.3, -0.25) is 0 Å². The molecule has 0 aliphatic heterocycles. The largest absolute Gasteiger partial charge is 0.497 e. The molecule has 0 spiro atoms. The third-order valence-corrected chi connectivity index (χ3v) is 3.52. The topological polar surface area (TPSA) is 89.7 Å². The number of imidazole rings is 1. The van der Waals surface area contributed by atoms with Crippen LogP contribution in [0.1, 0.15) is 5.69 Å². The summed E-state index contributed by atoms with van der Waals surface area (Å²) < 4.78 is 5.19. The Balaban J connectivity index is 1.90. The molecule has 7 heteroatoms. The van der Waals surface area contributed by atoms with Crippen LogP contribution >= 0.6 is 11.8 Å². The Labute approximate surface area is 119 Å². The molecule has 2 heterocycles. The average molecular weight is 287 g/mol. The summed E-state index contributed by atoms with van der Waals surface area (Å²) in [6.07, 6.45) is 1.70. The molecule has 0 aliphatic carbocycles. The molecule has 3 rings (SSSR count). The first-order valence-electron chi connectivity index (χ1n) is 6.02. The summed E-state index contributed by atoms with van der Waals surface area (Å²) in [4.78, 5) is 16.2. The van der Waals surface area contributed by atoms with Gasteiger partial charge in [0.2, 0.25) is 0 Å². The van der Waals surface area contributed by atoms with Crippen molar-refractivity contribution in [3.05, 3.63) is 36.2 Å². The van der Waals surface area contributed by atoms with Crippen molar-refractivity contribution in [2.75, 3.05) is 7.11 Å². The molecule has 0 amide bonds. The minimum absolute atomic E-state index is 0.396. The van der Waals surface area contributed by atoms with E-state index in [-0.39, 0.29) is 0 Å². The smallest absolute Gasteiger partial charge is 0.195 e. The second-order valence-corrected chi connectivity index (χ2v) is 5.02. The maximum atomic E-state index is 5.57. The highest BCUT2D eigenvalue weighted by Crippen LogP contribution is 2.26.